The zero-order valence-corrected chi connectivity index (χ0v) is 13.6. The Bertz CT molecular complexity index is 655. The molecule has 0 saturated carbocycles. The highest BCUT2D eigenvalue weighted by molar-refractivity contribution is 7.89. The van der Waals surface area contributed by atoms with Crippen molar-refractivity contribution >= 4 is 15.9 Å². The normalized spacial score (nSPS) is 25.0. The molecule has 0 radical (unpaired) electrons. The van der Waals surface area contributed by atoms with E-state index in [1.54, 1.807) is 6.20 Å². The molecule has 2 aliphatic rings. The Morgan fingerprint density at radius 2 is 2.18 bits per heavy atom. The highest BCUT2D eigenvalue weighted by Crippen LogP contribution is 2.21. The highest BCUT2D eigenvalue weighted by atomic mass is 32.2. The molecule has 0 spiro atoms. The fraction of sp³-hybridized carbons (Fsp3) is 0.714. The summed E-state index contributed by atoms with van der Waals surface area (Å²) in [7, 11) is -3.22. The van der Waals surface area contributed by atoms with Gasteiger partial charge in [0.2, 0.25) is 15.9 Å². The fourth-order valence-corrected chi connectivity index (χ4v) is 4.71. The van der Waals surface area contributed by atoms with E-state index in [2.05, 4.69) is 5.10 Å². The summed E-state index contributed by atoms with van der Waals surface area (Å²) in [4.78, 5) is 14.3. The Morgan fingerprint density at radius 1 is 1.36 bits per heavy atom. The van der Waals surface area contributed by atoms with Gasteiger partial charge in [0.25, 0.3) is 0 Å². The lowest BCUT2D eigenvalue weighted by Gasteiger charge is -2.26. The Kier molecular flexibility index (Phi) is 4.22. The number of amides is 1. The molecule has 22 heavy (non-hydrogen) atoms. The minimum absolute atomic E-state index is 0.0169. The van der Waals surface area contributed by atoms with Gasteiger partial charge in [0, 0.05) is 19.3 Å². The quantitative estimate of drug-likeness (QED) is 0.793. The van der Waals surface area contributed by atoms with Gasteiger partial charge in [-0.15, -0.1) is 0 Å². The van der Waals surface area contributed by atoms with Gasteiger partial charge in [-0.2, -0.15) is 9.40 Å². The van der Waals surface area contributed by atoms with Crippen molar-refractivity contribution in [3.05, 3.63) is 18.0 Å². The molecule has 2 saturated heterocycles. The predicted molar refractivity (Wildman–Crippen MR) is 81.7 cm³/mol. The summed E-state index contributed by atoms with van der Waals surface area (Å²) >= 11 is 0. The van der Waals surface area contributed by atoms with E-state index in [4.69, 9.17) is 0 Å². The molecule has 7 nitrogen and oxygen atoms in total. The number of carbonyl (C=O) groups excluding carboxylic acids is 1. The van der Waals surface area contributed by atoms with Crippen LogP contribution < -0.4 is 0 Å². The van der Waals surface area contributed by atoms with Gasteiger partial charge in [0.05, 0.1) is 31.1 Å². The molecule has 0 aromatic carbocycles. The molecule has 1 aromatic rings. The SMILES string of the molecule is Cc1cnn(CC2CCCN2C(=O)CN2CCCS2(=O)=O)c1. The number of carbonyl (C=O) groups is 1. The van der Waals surface area contributed by atoms with E-state index in [9.17, 15) is 13.2 Å². The molecule has 2 aliphatic heterocycles. The molecule has 0 aliphatic carbocycles. The molecule has 1 atom stereocenters. The van der Waals surface area contributed by atoms with Crippen molar-refractivity contribution in [1.82, 2.24) is 19.0 Å². The van der Waals surface area contributed by atoms with Crippen LogP contribution in [0.2, 0.25) is 0 Å². The second kappa shape index (κ2) is 6.00. The van der Waals surface area contributed by atoms with E-state index in [1.165, 1.54) is 4.31 Å². The van der Waals surface area contributed by atoms with Crippen LogP contribution in [0.4, 0.5) is 0 Å². The van der Waals surface area contributed by atoms with Crippen molar-refractivity contribution in [3.8, 4) is 0 Å². The van der Waals surface area contributed by atoms with Crippen LogP contribution in [0, 0.1) is 6.92 Å². The van der Waals surface area contributed by atoms with Gasteiger partial charge in [0.15, 0.2) is 0 Å². The van der Waals surface area contributed by atoms with Crippen molar-refractivity contribution < 1.29 is 13.2 Å². The number of aryl methyl sites for hydroxylation is 1. The standard InChI is InChI=1S/C14H22N4O3S/c1-12-8-15-16(9-12)10-13-4-2-6-18(13)14(19)11-17-5-3-7-22(17,20)21/h8-9,13H,2-7,10-11H2,1H3. The zero-order valence-electron chi connectivity index (χ0n) is 12.8. The molecule has 0 bridgehead atoms. The summed E-state index contributed by atoms with van der Waals surface area (Å²) in [6.07, 6.45) is 6.29. The molecule has 1 amide bonds. The lowest BCUT2D eigenvalue weighted by atomic mass is 10.2. The number of aromatic nitrogens is 2. The molecule has 8 heteroatoms. The summed E-state index contributed by atoms with van der Waals surface area (Å²) in [6, 6.07) is 0.108. The first kappa shape index (κ1) is 15.5. The Morgan fingerprint density at radius 3 is 2.82 bits per heavy atom. The Hall–Kier alpha value is -1.41. The van der Waals surface area contributed by atoms with Crippen molar-refractivity contribution in [2.24, 2.45) is 0 Å². The third-order valence-electron chi connectivity index (χ3n) is 4.37. The highest BCUT2D eigenvalue weighted by Gasteiger charge is 2.34. The average molecular weight is 326 g/mol. The smallest absolute Gasteiger partial charge is 0.238 e. The van der Waals surface area contributed by atoms with E-state index < -0.39 is 10.0 Å². The van der Waals surface area contributed by atoms with Gasteiger partial charge in [0.1, 0.15) is 0 Å². The van der Waals surface area contributed by atoms with Crippen molar-refractivity contribution in [2.75, 3.05) is 25.4 Å². The molecule has 1 aromatic heterocycles. The summed E-state index contributed by atoms with van der Waals surface area (Å²) in [5, 5.41) is 4.27. The minimum atomic E-state index is -3.22. The van der Waals surface area contributed by atoms with Crippen molar-refractivity contribution in [1.29, 1.82) is 0 Å². The van der Waals surface area contributed by atoms with Gasteiger partial charge in [-0.05, 0) is 31.7 Å². The van der Waals surface area contributed by atoms with Crippen molar-refractivity contribution in [3.63, 3.8) is 0 Å². The van der Waals surface area contributed by atoms with Crippen LogP contribution in [0.5, 0.6) is 0 Å². The summed E-state index contributed by atoms with van der Waals surface area (Å²) in [5.41, 5.74) is 1.10. The van der Waals surface area contributed by atoms with Crippen molar-refractivity contribution in [2.45, 2.75) is 38.8 Å². The zero-order chi connectivity index (χ0) is 15.7. The molecule has 0 N–H and O–H groups in total. The maximum absolute atomic E-state index is 12.5. The second-order valence-electron chi connectivity index (χ2n) is 6.13. The number of likely N-dealkylation sites (tertiary alicyclic amines) is 1. The van der Waals surface area contributed by atoms with E-state index in [0.29, 0.717) is 26.1 Å². The summed E-state index contributed by atoms with van der Waals surface area (Å²) < 4.78 is 26.8. The Labute approximate surface area is 130 Å². The third-order valence-corrected chi connectivity index (χ3v) is 6.28. The predicted octanol–water partition coefficient (Wildman–Crippen LogP) is 0.218. The van der Waals surface area contributed by atoms with Crippen LogP contribution in [-0.2, 0) is 21.4 Å². The Balaban J connectivity index is 1.63. The van der Waals surface area contributed by atoms with Crippen LogP contribution >= 0.6 is 0 Å². The van der Waals surface area contributed by atoms with E-state index >= 15 is 0 Å². The van der Waals surface area contributed by atoms with Crippen LogP contribution in [0.3, 0.4) is 0 Å². The number of sulfonamides is 1. The number of rotatable bonds is 4. The van der Waals surface area contributed by atoms with E-state index in [-0.39, 0.29) is 24.2 Å². The van der Waals surface area contributed by atoms with Crippen LogP contribution in [0.1, 0.15) is 24.8 Å². The topological polar surface area (TPSA) is 75.5 Å². The molecule has 1 unspecified atom stereocenters. The van der Waals surface area contributed by atoms with Crippen LogP contribution in [0.25, 0.3) is 0 Å². The van der Waals surface area contributed by atoms with E-state index in [0.717, 1.165) is 18.4 Å². The number of hydrogen-bond donors (Lipinski definition) is 0. The lowest BCUT2D eigenvalue weighted by Crippen LogP contribution is -2.44. The van der Waals surface area contributed by atoms with Gasteiger partial charge in [-0.25, -0.2) is 8.42 Å². The van der Waals surface area contributed by atoms with E-state index in [1.807, 2.05) is 22.7 Å². The maximum atomic E-state index is 12.5. The molecule has 2 fully saturated rings. The first-order valence-corrected chi connectivity index (χ1v) is 9.33. The third kappa shape index (κ3) is 3.17. The molecule has 3 heterocycles. The largest absolute Gasteiger partial charge is 0.337 e. The number of hydrogen-bond acceptors (Lipinski definition) is 4. The maximum Gasteiger partial charge on any atom is 0.238 e. The first-order chi connectivity index (χ1) is 10.5. The lowest BCUT2D eigenvalue weighted by molar-refractivity contribution is -0.132. The monoisotopic (exact) mass is 326 g/mol. The van der Waals surface area contributed by atoms with Gasteiger partial charge >= 0.3 is 0 Å². The average Bonchev–Trinajstić information content (AvgIpc) is 3.13. The molecule has 3 rings (SSSR count). The number of nitrogens with zero attached hydrogens (tertiary/aromatic N) is 4. The minimum Gasteiger partial charge on any atom is -0.337 e. The molecular weight excluding hydrogens is 304 g/mol. The molecule has 122 valence electrons. The summed E-state index contributed by atoms with van der Waals surface area (Å²) in [5.74, 6) is 0.0767. The van der Waals surface area contributed by atoms with Gasteiger partial charge in [-0.3, -0.25) is 9.48 Å². The first-order valence-electron chi connectivity index (χ1n) is 7.72. The fourth-order valence-electron chi connectivity index (χ4n) is 3.25. The second-order valence-corrected chi connectivity index (χ2v) is 8.21. The van der Waals surface area contributed by atoms with Gasteiger partial charge in [-0.1, -0.05) is 0 Å². The van der Waals surface area contributed by atoms with Crippen LogP contribution in [0.15, 0.2) is 12.4 Å². The molecular formula is C14H22N4O3S. The van der Waals surface area contributed by atoms with Crippen LogP contribution in [-0.4, -0.2) is 64.7 Å². The summed E-state index contributed by atoms with van der Waals surface area (Å²) in [6.45, 7) is 3.81. The van der Waals surface area contributed by atoms with Gasteiger partial charge < -0.3 is 4.90 Å².